The van der Waals surface area contributed by atoms with Gasteiger partial charge in [0, 0.05) is 24.0 Å². The highest BCUT2D eigenvalue weighted by Crippen LogP contribution is 2.37. The molecular weight excluding hydrogens is 218 g/mol. The SMILES string of the molecule is Cc1ccsc1C1(O)CCN(C(C)C)CC1. The number of hydrogen-bond acceptors (Lipinski definition) is 3. The van der Waals surface area contributed by atoms with Crippen LogP contribution in [0.4, 0.5) is 0 Å². The third-order valence-corrected chi connectivity index (χ3v) is 4.85. The smallest absolute Gasteiger partial charge is 0.101 e. The van der Waals surface area contributed by atoms with E-state index in [1.165, 1.54) is 10.4 Å². The first-order valence-corrected chi connectivity index (χ1v) is 6.92. The average molecular weight is 239 g/mol. The zero-order chi connectivity index (χ0) is 11.8. The van der Waals surface area contributed by atoms with Crippen LogP contribution in [0.5, 0.6) is 0 Å². The van der Waals surface area contributed by atoms with Crippen molar-refractivity contribution >= 4 is 11.3 Å². The van der Waals surface area contributed by atoms with Gasteiger partial charge in [0.25, 0.3) is 0 Å². The zero-order valence-corrected chi connectivity index (χ0v) is 11.2. The number of thiophene rings is 1. The highest BCUT2D eigenvalue weighted by Gasteiger charge is 2.36. The number of hydrogen-bond donors (Lipinski definition) is 1. The highest BCUT2D eigenvalue weighted by molar-refractivity contribution is 7.10. The molecule has 0 bridgehead atoms. The van der Waals surface area contributed by atoms with Crippen LogP contribution in [0.3, 0.4) is 0 Å². The first-order valence-electron chi connectivity index (χ1n) is 6.04. The minimum Gasteiger partial charge on any atom is -0.384 e. The van der Waals surface area contributed by atoms with Gasteiger partial charge in [-0.15, -0.1) is 11.3 Å². The van der Waals surface area contributed by atoms with E-state index in [0.29, 0.717) is 6.04 Å². The van der Waals surface area contributed by atoms with Gasteiger partial charge in [0.05, 0.1) is 0 Å². The van der Waals surface area contributed by atoms with Crippen molar-refractivity contribution in [1.29, 1.82) is 0 Å². The van der Waals surface area contributed by atoms with E-state index in [1.54, 1.807) is 11.3 Å². The number of rotatable bonds is 2. The number of piperidine rings is 1. The Labute approximate surface area is 102 Å². The van der Waals surface area contributed by atoms with Crippen LogP contribution in [0.2, 0.25) is 0 Å². The van der Waals surface area contributed by atoms with Crippen LogP contribution >= 0.6 is 11.3 Å². The topological polar surface area (TPSA) is 23.5 Å². The highest BCUT2D eigenvalue weighted by atomic mass is 32.1. The molecule has 0 unspecified atom stereocenters. The molecule has 0 saturated carbocycles. The predicted octanol–water partition coefficient (Wildman–Crippen LogP) is 2.75. The summed E-state index contributed by atoms with van der Waals surface area (Å²) in [6.07, 6.45) is 1.74. The standard InChI is InChI=1S/C13H21NOS/c1-10(2)14-7-5-13(15,6-8-14)12-11(3)4-9-16-12/h4,9-10,15H,5-8H2,1-3H3. The molecule has 0 amide bonds. The first kappa shape index (κ1) is 12.1. The third-order valence-electron chi connectivity index (χ3n) is 3.64. The van der Waals surface area contributed by atoms with E-state index in [0.717, 1.165) is 25.9 Å². The van der Waals surface area contributed by atoms with Crippen molar-refractivity contribution in [2.45, 2.75) is 45.3 Å². The molecule has 1 aliphatic rings. The Hall–Kier alpha value is -0.380. The van der Waals surface area contributed by atoms with Gasteiger partial charge in [0.15, 0.2) is 0 Å². The maximum absolute atomic E-state index is 10.7. The van der Waals surface area contributed by atoms with Gasteiger partial charge < -0.3 is 10.0 Å². The molecule has 0 spiro atoms. The Kier molecular flexibility index (Phi) is 3.38. The van der Waals surface area contributed by atoms with E-state index in [9.17, 15) is 5.11 Å². The molecule has 2 rings (SSSR count). The van der Waals surface area contributed by atoms with Crippen molar-refractivity contribution in [3.05, 3.63) is 21.9 Å². The molecule has 1 aromatic rings. The monoisotopic (exact) mass is 239 g/mol. The molecule has 3 heteroatoms. The van der Waals surface area contributed by atoms with Crippen LogP contribution in [-0.4, -0.2) is 29.1 Å². The lowest BCUT2D eigenvalue weighted by Crippen LogP contribution is -2.45. The first-order chi connectivity index (χ1) is 7.53. The maximum atomic E-state index is 10.7. The van der Waals surface area contributed by atoms with Crippen molar-refractivity contribution in [2.75, 3.05) is 13.1 Å². The molecule has 2 nitrogen and oxygen atoms in total. The fraction of sp³-hybridized carbons (Fsp3) is 0.692. The second kappa shape index (κ2) is 4.47. The summed E-state index contributed by atoms with van der Waals surface area (Å²) in [5, 5.41) is 12.8. The summed E-state index contributed by atoms with van der Waals surface area (Å²) in [5.74, 6) is 0. The Morgan fingerprint density at radius 1 is 1.38 bits per heavy atom. The molecule has 16 heavy (non-hydrogen) atoms. The van der Waals surface area contributed by atoms with Crippen molar-refractivity contribution in [2.24, 2.45) is 0 Å². The Bertz CT molecular complexity index is 351. The van der Waals surface area contributed by atoms with Gasteiger partial charge in [-0.1, -0.05) is 0 Å². The molecule has 0 radical (unpaired) electrons. The third kappa shape index (κ3) is 2.17. The Morgan fingerprint density at radius 3 is 2.44 bits per heavy atom. The Balaban J connectivity index is 2.10. The van der Waals surface area contributed by atoms with Gasteiger partial charge in [-0.2, -0.15) is 0 Å². The predicted molar refractivity (Wildman–Crippen MR) is 68.9 cm³/mol. The van der Waals surface area contributed by atoms with E-state index in [4.69, 9.17) is 0 Å². The number of aryl methyl sites for hydroxylation is 1. The summed E-state index contributed by atoms with van der Waals surface area (Å²) < 4.78 is 0. The van der Waals surface area contributed by atoms with Crippen LogP contribution in [0.15, 0.2) is 11.4 Å². The molecule has 1 aromatic heterocycles. The molecule has 1 aliphatic heterocycles. The fourth-order valence-corrected chi connectivity index (χ4v) is 3.57. The lowest BCUT2D eigenvalue weighted by molar-refractivity contribution is -0.0299. The van der Waals surface area contributed by atoms with E-state index in [1.807, 2.05) is 0 Å². The second-order valence-corrected chi connectivity index (χ2v) is 6.01. The molecule has 1 fully saturated rings. The largest absolute Gasteiger partial charge is 0.384 e. The van der Waals surface area contributed by atoms with Crippen molar-refractivity contribution in [3.63, 3.8) is 0 Å². The van der Waals surface area contributed by atoms with Crippen molar-refractivity contribution in [1.82, 2.24) is 4.90 Å². The van der Waals surface area contributed by atoms with Gasteiger partial charge in [0.1, 0.15) is 5.60 Å². The normalized spacial score (nSPS) is 21.6. The van der Waals surface area contributed by atoms with Crippen molar-refractivity contribution < 1.29 is 5.11 Å². The molecule has 1 N–H and O–H groups in total. The quantitative estimate of drug-likeness (QED) is 0.858. The lowest BCUT2D eigenvalue weighted by Gasteiger charge is -2.39. The van der Waals surface area contributed by atoms with Crippen LogP contribution in [0.1, 0.15) is 37.1 Å². The molecule has 2 heterocycles. The van der Waals surface area contributed by atoms with Gasteiger partial charge in [-0.05, 0) is 50.6 Å². The minimum atomic E-state index is -0.566. The van der Waals surface area contributed by atoms with Crippen LogP contribution in [-0.2, 0) is 5.60 Å². The number of likely N-dealkylation sites (tertiary alicyclic amines) is 1. The molecule has 0 atom stereocenters. The van der Waals surface area contributed by atoms with E-state index >= 15 is 0 Å². The average Bonchev–Trinajstić information content (AvgIpc) is 2.66. The Morgan fingerprint density at radius 2 is 2.00 bits per heavy atom. The van der Waals surface area contributed by atoms with Gasteiger partial charge >= 0.3 is 0 Å². The summed E-state index contributed by atoms with van der Waals surface area (Å²) in [4.78, 5) is 3.62. The summed E-state index contributed by atoms with van der Waals surface area (Å²) in [7, 11) is 0. The zero-order valence-electron chi connectivity index (χ0n) is 10.4. The van der Waals surface area contributed by atoms with Crippen LogP contribution in [0.25, 0.3) is 0 Å². The van der Waals surface area contributed by atoms with Gasteiger partial charge in [-0.25, -0.2) is 0 Å². The van der Waals surface area contributed by atoms with E-state index in [-0.39, 0.29) is 0 Å². The molecule has 0 aromatic carbocycles. The van der Waals surface area contributed by atoms with E-state index in [2.05, 4.69) is 37.1 Å². The fourth-order valence-electron chi connectivity index (χ4n) is 2.49. The lowest BCUT2D eigenvalue weighted by atomic mass is 9.88. The summed E-state index contributed by atoms with van der Waals surface area (Å²) in [6, 6.07) is 2.70. The van der Waals surface area contributed by atoms with Crippen molar-refractivity contribution in [3.8, 4) is 0 Å². The number of aliphatic hydroxyl groups is 1. The maximum Gasteiger partial charge on any atom is 0.101 e. The molecule has 0 aliphatic carbocycles. The van der Waals surface area contributed by atoms with Crippen LogP contribution in [0, 0.1) is 6.92 Å². The van der Waals surface area contributed by atoms with Gasteiger partial charge in [-0.3, -0.25) is 0 Å². The summed E-state index contributed by atoms with van der Waals surface area (Å²) in [5.41, 5.74) is 0.675. The molecule has 90 valence electrons. The van der Waals surface area contributed by atoms with E-state index < -0.39 is 5.60 Å². The summed E-state index contributed by atoms with van der Waals surface area (Å²) >= 11 is 1.70. The number of nitrogens with zero attached hydrogens (tertiary/aromatic N) is 1. The molecular formula is C13H21NOS. The minimum absolute atomic E-state index is 0.566. The summed E-state index contributed by atoms with van der Waals surface area (Å²) in [6.45, 7) is 8.55. The van der Waals surface area contributed by atoms with Gasteiger partial charge in [0.2, 0.25) is 0 Å². The molecule has 1 saturated heterocycles. The van der Waals surface area contributed by atoms with Crippen LogP contribution < -0.4 is 0 Å². The second-order valence-electron chi connectivity index (χ2n) is 5.09.